The number of unbranched alkanes of at least 4 members (excludes halogenated alkanes) is 1. The molecule has 1 N–H and O–H groups in total. The van der Waals surface area contributed by atoms with E-state index in [0.717, 1.165) is 38.0 Å². The zero-order chi connectivity index (χ0) is 15.7. The first-order valence-electron chi connectivity index (χ1n) is 7.52. The summed E-state index contributed by atoms with van der Waals surface area (Å²) in [5, 5.41) is 3.21. The van der Waals surface area contributed by atoms with Gasteiger partial charge in [-0.2, -0.15) is 0 Å². The van der Waals surface area contributed by atoms with Crippen LogP contribution in [0.15, 0.2) is 23.2 Å². The molecule has 1 aromatic rings. The number of halogens is 2. The number of nitrogens with zero attached hydrogens (tertiary/aromatic N) is 2. The highest BCUT2D eigenvalue weighted by molar-refractivity contribution is 5.79. The first-order chi connectivity index (χ1) is 10.1. The van der Waals surface area contributed by atoms with Crippen LogP contribution in [-0.4, -0.2) is 37.5 Å². The van der Waals surface area contributed by atoms with Gasteiger partial charge in [0, 0.05) is 26.7 Å². The highest BCUT2D eigenvalue weighted by Gasteiger charge is 2.08. The molecular formula is C16H25F2N3. The second-order valence-electron chi connectivity index (χ2n) is 4.97. The largest absolute Gasteiger partial charge is 0.357 e. The molecule has 21 heavy (non-hydrogen) atoms. The van der Waals surface area contributed by atoms with E-state index >= 15 is 0 Å². The SMILES string of the molecule is CCCCN(C)C(=NCCc1cccc(F)c1F)NCC. The van der Waals surface area contributed by atoms with E-state index < -0.39 is 11.6 Å². The molecular weight excluding hydrogens is 272 g/mol. The summed E-state index contributed by atoms with van der Waals surface area (Å²) < 4.78 is 26.7. The van der Waals surface area contributed by atoms with Crippen molar-refractivity contribution in [1.82, 2.24) is 10.2 Å². The molecule has 0 aromatic heterocycles. The van der Waals surface area contributed by atoms with Gasteiger partial charge in [0.1, 0.15) is 0 Å². The standard InChI is InChI=1S/C16H25F2N3/c1-4-6-12-21(3)16(19-5-2)20-11-10-13-8-7-9-14(17)15(13)18/h7-9H,4-6,10-12H2,1-3H3,(H,19,20). The summed E-state index contributed by atoms with van der Waals surface area (Å²) in [4.78, 5) is 6.54. The summed E-state index contributed by atoms with van der Waals surface area (Å²) in [6.45, 7) is 6.29. The summed E-state index contributed by atoms with van der Waals surface area (Å²) >= 11 is 0. The van der Waals surface area contributed by atoms with Crippen LogP contribution in [-0.2, 0) is 6.42 Å². The summed E-state index contributed by atoms with van der Waals surface area (Å²) in [5.74, 6) is -0.761. The van der Waals surface area contributed by atoms with Crippen molar-refractivity contribution in [2.75, 3.05) is 26.7 Å². The molecule has 0 radical (unpaired) electrons. The Labute approximate surface area is 126 Å². The quantitative estimate of drug-likeness (QED) is 0.618. The molecule has 0 aliphatic carbocycles. The molecule has 3 nitrogen and oxygen atoms in total. The van der Waals surface area contributed by atoms with Crippen molar-refractivity contribution in [2.45, 2.75) is 33.1 Å². The van der Waals surface area contributed by atoms with Gasteiger partial charge in [-0.05, 0) is 31.4 Å². The van der Waals surface area contributed by atoms with Crippen molar-refractivity contribution in [2.24, 2.45) is 4.99 Å². The van der Waals surface area contributed by atoms with Gasteiger partial charge in [-0.15, -0.1) is 0 Å². The van der Waals surface area contributed by atoms with Gasteiger partial charge in [-0.25, -0.2) is 8.78 Å². The monoisotopic (exact) mass is 297 g/mol. The number of aliphatic imine (C=N–C) groups is 1. The Bertz CT molecular complexity index is 461. The van der Waals surface area contributed by atoms with E-state index in [1.165, 1.54) is 6.07 Å². The van der Waals surface area contributed by atoms with Crippen molar-refractivity contribution in [3.05, 3.63) is 35.4 Å². The fraction of sp³-hybridized carbons (Fsp3) is 0.562. The average Bonchev–Trinajstić information content (AvgIpc) is 2.48. The van der Waals surface area contributed by atoms with Gasteiger partial charge in [-0.1, -0.05) is 25.5 Å². The second kappa shape index (κ2) is 9.32. The Morgan fingerprint density at radius 3 is 2.71 bits per heavy atom. The molecule has 1 rings (SSSR count). The lowest BCUT2D eigenvalue weighted by Gasteiger charge is -2.21. The Morgan fingerprint density at radius 2 is 2.05 bits per heavy atom. The number of benzene rings is 1. The van der Waals surface area contributed by atoms with E-state index in [4.69, 9.17) is 0 Å². The molecule has 0 heterocycles. The topological polar surface area (TPSA) is 27.6 Å². The summed E-state index contributed by atoms with van der Waals surface area (Å²) in [5.41, 5.74) is 0.366. The molecule has 0 unspecified atom stereocenters. The van der Waals surface area contributed by atoms with Crippen molar-refractivity contribution in [1.29, 1.82) is 0 Å². The van der Waals surface area contributed by atoms with Gasteiger partial charge in [0.15, 0.2) is 17.6 Å². The summed E-state index contributed by atoms with van der Waals surface area (Å²) in [6, 6.07) is 4.25. The lowest BCUT2D eigenvalue weighted by atomic mass is 10.1. The molecule has 118 valence electrons. The second-order valence-corrected chi connectivity index (χ2v) is 4.97. The molecule has 0 aliphatic heterocycles. The van der Waals surface area contributed by atoms with Crippen LogP contribution < -0.4 is 5.32 Å². The zero-order valence-corrected chi connectivity index (χ0v) is 13.1. The van der Waals surface area contributed by atoms with E-state index in [9.17, 15) is 8.78 Å². The van der Waals surface area contributed by atoms with Crippen LogP contribution in [0, 0.1) is 11.6 Å². The number of guanidine groups is 1. The van der Waals surface area contributed by atoms with Crippen LogP contribution >= 0.6 is 0 Å². The maximum Gasteiger partial charge on any atom is 0.193 e. The Kier molecular flexibility index (Phi) is 7.72. The Balaban J connectivity index is 2.63. The number of hydrogen-bond acceptors (Lipinski definition) is 1. The molecule has 1 aromatic carbocycles. The predicted molar refractivity (Wildman–Crippen MR) is 83.6 cm³/mol. The molecule has 0 bridgehead atoms. The van der Waals surface area contributed by atoms with Gasteiger partial charge in [0.05, 0.1) is 0 Å². The van der Waals surface area contributed by atoms with Crippen LogP contribution in [0.5, 0.6) is 0 Å². The maximum atomic E-state index is 13.5. The van der Waals surface area contributed by atoms with Crippen LogP contribution in [0.25, 0.3) is 0 Å². The van der Waals surface area contributed by atoms with Crippen molar-refractivity contribution in [3.8, 4) is 0 Å². The lowest BCUT2D eigenvalue weighted by Crippen LogP contribution is -2.39. The minimum atomic E-state index is -0.802. The third-order valence-corrected chi connectivity index (χ3v) is 3.22. The van der Waals surface area contributed by atoms with Gasteiger partial charge >= 0.3 is 0 Å². The van der Waals surface area contributed by atoms with Gasteiger partial charge in [0.25, 0.3) is 0 Å². The molecule has 5 heteroatoms. The first kappa shape index (κ1) is 17.4. The molecule has 0 spiro atoms. The minimum absolute atomic E-state index is 0.366. The Morgan fingerprint density at radius 1 is 1.29 bits per heavy atom. The molecule has 0 atom stereocenters. The molecule has 0 saturated carbocycles. The predicted octanol–water partition coefficient (Wildman–Crippen LogP) is 3.20. The highest BCUT2D eigenvalue weighted by atomic mass is 19.2. The van der Waals surface area contributed by atoms with E-state index in [2.05, 4.69) is 22.1 Å². The molecule has 0 amide bonds. The van der Waals surface area contributed by atoms with Crippen molar-refractivity contribution >= 4 is 5.96 Å². The molecule has 0 fully saturated rings. The van der Waals surface area contributed by atoms with Crippen LogP contribution in [0.3, 0.4) is 0 Å². The van der Waals surface area contributed by atoms with Gasteiger partial charge in [-0.3, -0.25) is 4.99 Å². The van der Waals surface area contributed by atoms with Crippen LogP contribution in [0.2, 0.25) is 0 Å². The van der Waals surface area contributed by atoms with Crippen LogP contribution in [0.1, 0.15) is 32.3 Å². The fourth-order valence-electron chi connectivity index (χ4n) is 1.99. The summed E-state index contributed by atoms with van der Waals surface area (Å²) in [6.07, 6.45) is 2.61. The van der Waals surface area contributed by atoms with E-state index in [1.807, 2.05) is 14.0 Å². The molecule has 0 aliphatic rings. The smallest absolute Gasteiger partial charge is 0.193 e. The minimum Gasteiger partial charge on any atom is -0.357 e. The average molecular weight is 297 g/mol. The normalized spacial score (nSPS) is 11.6. The fourth-order valence-corrected chi connectivity index (χ4v) is 1.99. The summed E-state index contributed by atoms with van der Waals surface area (Å²) in [7, 11) is 1.99. The maximum absolute atomic E-state index is 13.5. The highest BCUT2D eigenvalue weighted by Crippen LogP contribution is 2.11. The Hall–Kier alpha value is -1.65. The number of nitrogens with one attached hydrogen (secondary N) is 1. The molecule has 0 saturated heterocycles. The van der Waals surface area contributed by atoms with Gasteiger partial charge < -0.3 is 10.2 Å². The first-order valence-corrected chi connectivity index (χ1v) is 7.52. The van der Waals surface area contributed by atoms with E-state index in [1.54, 1.807) is 6.07 Å². The zero-order valence-electron chi connectivity index (χ0n) is 13.1. The number of hydrogen-bond donors (Lipinski definition) is 1. The van der Waals surface area contributed by atoms with Gasteiger partial charge in [0.2, 0.25) is 0 Å². The third kappa shape index (κ3) is 5.69. The van der Waals surface area contributed by atoms with Crippen molar-refractivity contribution in [3.63, 3.8) is 0 Å². The number of rotatable bonds is 7. The van der Waals surface area contributed by atoms with E-state index in [-0.39, 0.29) is 0 Å². The lowest BCUT2D eigenvalue weighted by molar-refractivity contribution is 0.464. The van der Waals surface area contributed by atoms with E-state index in [0.29, 0.717) is 18.5 Å². The van der Waals surface area contributed by atoms with Crippen LogP contribution in [0.4, 0.5) is 8.78 Å². The van der Waals surface area contributed by atoms with Crippen molar-refractivity contribution < 1.29 is 8.78 Å². The third-order valence-electron chi connectivity index (χ3n) is 3.22.